The van der Waals surface area contributed by atoms with Gasteiger partial charge in [0.25, 0.3) is 5.91 Å². The highest BCUT2D eigenvalue weighted by molar-refractivity contribution is 6.18. The molecule has 8 heteroatoms. The monoisotopic (exact) mass is 482 g/mol. The fourth-order valence-corrected chi connectivity index (χ4v) is 4.33. The second kappa shape index (κ2) is 8.49. The lowest BCUT2D eigenvalue weighted by molar-refractivity contribution is 0.101. The highest BCUT2D eigenvalue weighted by atomic mass is 19.1. The molecule has 0 saturated heterocycles. The van der Waals surface area contributed by atoms with E-state index in [1.54, 1.807) is 30.3 Å². The van der Waals surface area contributed by atoms with Crippen molar-refractivity contribution < 1.29 is 27.7 Å². The summed E-state index contributed by atoms with van der Waals surface area (Å²) in [6, 6.07) is 19.3. The molecule has 1 aliphatic rings. The Kier molecular flexibility index (Phi) is 5.14. The summed E-state index contributed by atoms with van der Waals surface area (Å²) in [6.45, 7) is 2.01. The van der Waals surface area contributed by atoms with E-state index in [2.05, 4.69) is 10.5 Å². The van der Waals surface area contributed by atoms with E-state index in [9.17, 15) is 14.0 Å². The van der Waals surface area contributed by atoms with Crippen LogP contribution >= 0.6 is 0 Å². The van der Waals surface area contributed by atoms with Gasteiger partial charge in [-0.3, -0.25) is 9.59 Å². The lowest BCUT2D eigenvalue weighted by Crippen LogP contribution is -2.14. The lowest BCUT2D eigenvalue weighted by Gasteiger charge is -2.04. The van der Waals surface area contributed by atoms with E-state index in [-0.39, 0.29) is 28.8 Å². The number of halogens is 1. The van der Waals surface area contributed by atoms with Gasteiger partial charge in [0.15, 0.2) is 17.2 Å². The molecule has 0 saturated carbocycles. The Hall–Kier alpha value is -4.72. The Bertz CT molecular complexity index is 1630. The second-order valence-electron chi connectivity index (χ2n) is 8.62. The predicted octanol–water partition coefficient (Wildman–Crippen LogP) is 6.03. The highest BCUT2D eigenvalue weighted by Crippen LogP contribution is 2.35. The van der Waals surface area contributed by atoms with E-state index < -0.39 is 17.5 Å². The molecule has 0 spiro atoms. The Morgan fingerprint density at radius 2 is 1.83 bits per heavy atom. The van der Waals surface area contributed by atoms with Gasteiger partial charge in [0, 0.05) is 29.0 Å². The summed E-state index contributed by atoms with van der Waals surface area (Å²) >= 11 is 0. The number of fused-ring (bicyclic) bond motifs is 2. The molecule has 0 bridgehead atoms. The number of ether oxygens (including phenoxy) is 1. The molecule has 0 radical (unpaired) electrons. The maximum absolute atomic E-state index is 13.4. The van der Waals surface area contributed by atoms with Crippen LogP contribution in [0, 0.1) is 5.82 Å². The summed E-state index contributed by atoms with van der Waals surface area (Å²) in [5.41, 5.74) is 2.74. The third-order valence-electron chi connectivity index (χ3n) is 6.07. The molecule has 6 rings (SSSR count). The molecule has 1 N–H and O–H groups in total. The Morgan fingerprint density at radius 3 is 2.67 bits per heavy atom. The zero-order valence-electron chi connectivity index (χ0n) is 19.1. The molecule has 178 valence electrons. The maximum Gasteiger partial charge on any atom is 0.277 e. The average Bonchev–Trinajstić information content (AvgIpc) is 3.60. The van der Waals surface area contributed by atoms with Crippen LogP contribution in [0.1, 0.15) is 39.1 Å². The van der Waals surface area contributed by atoms with Crippen LogP contribution in [0.5, 0.6) is 5.75 Å². The number of hydrogen-bond acceptors (Lipinski definition) is 6. The zero-order chi connectivity index (χ0) is 24.8. The van der Waals surface area contributed by atoms with Crippen molar-refractivity contribution in [3.8, 4) is 17.1 Å². The zero-order valence-corrected chi connectivity index (χ0v) is 19.1. The Morgan fingerprint density at radius 1 is 1.03 bits per heavy atom. The maximum atomic E-state index is 13.4. The van der Waals surface area contributed by atoms with Crippen molar-refractivity contribution in [2.45, 2.75) is 19.4 Å². The number of aromatic nitrogens is 1. The van der Waals surface area contributed by atoms with Gasteiger partial charge in [-0.15, -0.1) is 0 Å². The van der Waals surface area contributed by atoms with Gasteiger partial charge in [-0.1, -0.05) is 17.3 Å². The molecule has 7 nitrogen and oxygen atoms in total. The molecule has 0 unspecified atom stereocenters. The van der Waals surface area contributed by atoms with Gasteiger partial charge in [0.05, 0.1) is 5.69 Å². The molecule has 36 heavy (non-hydrogen) atoms. The number of furan rings is 1. The van der Waals surface area contributed by atoms with Crippen LogP contribution in [0.2, 0.25) is 0 Å². The summed E-state index contributed by atoms with van der Waals surface area (Å²) in [6.07, 6.45) is 0.909. The van der Waals surface area contributed by atoms with Crippen molar-refractivity contribution >= 4 is 28.3 Å². The van der Waals surface area contributed by atoms with Crippen molar-refractivity contribution in [2.24, 2.45) is 0 Å². The van der Waals surface area contributed by atoms with Gasteiger partial charge in [-0.2, -0.15) is 0 Å². The van der Waals surface area contributed by atoms with Crippen molar-refractivity contribution in [1.29, 1.82) is 0 Å². The molecule has 3 heterocycles. The van der Waals surface area contributed by atoms with Gasteiger partial charge >= 0.3 is 0 Å². The number of benzene rings is 3. The molecule has 1 amide bonds. The number of carbonyl (C=O) groups is 2. The summed E-state index contributed by atoms with van der Waals surface area (Å²) in [4.78, 5) is 26.3. The third-order valence-corrected chi connectivity index (χ3v) is 6.07. The SMILES string of the molecule is C[C@H]1Cc2cc(-c3cc(C(=O)Nc4c(C(=O)c5ccc(F)cc5)oc5ccccc45)no3)ccc2O1. The summed E-state index contributed by atoms with van der Waals surface area (Å²) in [5, 5.41) is 7.23. The minimum Gasteiger partial charge on any atom is -0.490 e. The van der Waals surface area contributed by atoms with Crippen LogP contribution in [0.25, 0.3) is 22.3 Å². The topological polar surface area (TPSA) is 94.6 Å². The number of rotatable bonds is 5. The van der Waals surface area contributed by atoms with Crippen LogP contribution in [-0.2, 0) is 6.42 Å². The fraction of sp³-hybridized carbons (Fsp3) is 0.107. The first-order valence-corrected chi connectivity index (χ1v) is 11.4. The van der Waals surface area contributed by atoms with Crippen molar-refractivity contribution in [3.05, 3.63) is 101 Å². The minimum absolute atomic E-state index is 0.0422. The third kappa shape index (κ3) is 3.82. The summed E-state index contributed by atoms with van der Waals surface area (Å²) < 4.78 is 30.3. The highest BCUT2D eigenvalue weighted by Gasteiger charge is 2.25. The van der Waals surface area contributed by atoms with Crippen LogP contribution in [0.4, 0.5) is 10.1 Å². The van der Waals surface area contributed by atoms with Gasteiger partial charge in [0.1, 0.15) is 23.3 Å². The molecule has 1 aliphatic heterocycles. The number of nitrogens with zero attached hydrogens (tertiary/aromatic N) is 1. The van der Waals surface area contributed by atoms with E-state index in [1.165, 1.54) is 24.3 Å². The normalized spacial score (nSPS) is 14.4. The predicted molar refractivity (Wildman–Crippen MR) is 130 cm³/mol. The van der Waals surface area contributed by atoms with Gasteiger partial charge in [0.2, 0.25) is 5.78 Å². The quantitative estimate of drug-likeness (QED) is 0.307. The first-order chi connectivity index (χ1) is 17.5. The molecular formula is C28H19FN2O5. The van der Waals surface area contributed by atoms with Gasteiger partial charge in [-0.05, 0) is 67.1 Å². The molecule has 0 aliphatic carbocycles. The van der Waals surface area contributed by atoms with Gasteiger partial charge in [-0.25, -0.2) is 4.39 Å². The van der Waals surface area contributed by atoms with Crippen molar-refractivity contribution in [2.75, 3.05) is 5.32 Å². The largest absolute Gasteiger partial charge is 0.490 e. The molecular weight excluding hydrogens is 463 g/mol. The smallest absolute Gasteiger partial charge is 0.277 e. The number of hydrogen-bond donors (Lipinski definition) is 1. The van der Waals surface area contributed by atoms with Crippen molar-refractivity contribution in [3.63, 3.8) is 0 Å². The van der Waals surface area contributed by atoms with Crippen LogP contribution in [0.3, 0.4) is 0 Å². The fourth-order valence-electron chi connectivity index (χ4n) is 4.33. The lowest BCUT2D eigenvalue weighted by atomic mass is 10.1. The molecule has 2 aromatic heterocycles. The number of anilines is 1. The Balaban J connectivity index is 1.31. The average molecular weight is 482 g/mol. The Labute approximate surface area is 204 Å². The van der Waals surface area contributed by atoms with E-state index in [0.29, 0.717) is 16.7 Å². The van der Waals surface area contributed by atoms with Crippen molar-refractivity contribution in [1.82, 2.24) is 5.16 Å². The first-order valence-electron chi connectivity index (χ1n) is 11.4. The van der Waals surface area contributed by atoms with Crippen LogP contribution in [0.15, 0.2) is 81.7 Å². The number of nitrogens with one attached hydrogen (secondary N) is 1. The van der Waals surface area contributed by atoms with Gasteiger partial charge < -0.3 is 19.0 Å². The number of ketones is 1. The number of amides is 1. The molecule has 3 aromatic carbocycles. The van der Waals surface area contributed by atoms with Crippen LogP contribution < -0.4 is 10.1 Å². The summed E-state index contributed by atoms with van der Waals surface area (Å²) in [7, 11) is 0. The minimum atomic E-state index is -0.567. The summed E-state index contributed by atoms with van der Waals surface area (Å²) in [5.74, 6) is -0.305. The number of para-hydroxylation sites is 1. The molecule has 5 aromatic rings. The van der Waals surface area contributed by atoms with E-state index in [0.717, 1.165) is 23.3 Å². The van der Waals surface area contributed by atoms with E-state index in [1.807, 2.05) is 25.1 Å². The van der Waals surface area contributed by atoms with E-state index >= 15 is 0 Å². The number of carbonyl (C=O) groups excluding carboxylic acids is 2. The first kappa shape index (κ1) is 21.8. The molecule has 1 atom stereocenters. The van der Waals surface area contributed by atoms with E-state index in [4.69, 9.17) is 13.7 Å². The van der Waals surface area contributed by atoms with Crippen LogP contribution in [-0.4, -0.2) is 23.0 Å². The second-order valence-corrected chi connectivity index (χ2v) is 8.62. The standard InChI is InChI=1S/C28H19FN2O5/c1-15-12-18-13-17(8-11-22(18)34-15)24-14-21(31-36-24)28(33)30-25-20-4-2-3-5-23(20)35-27(25)26(32)16-6-9-19(29)10-7-16/h2-11,13-15H,12H2,1H3,(H,30,33)/t15-/m0/s1. The molecule has 0 fully saturated rings.